The Balaban J connectivity index is 3.17. The second kappa shape index (κ2) is 5.36. The normalized spacial score (nSPS) is 12.3. The van der Waals surface area contributed by atoms with Crippen LogP contribution in [0.25, 0.3) is 0 Å². The van der Waals surface area contributed by atoms with Gasteiger partial charge < -0.3 is 9.84 Å². The monoisotopic (exact) mass is 260 g/mol. The fourth-order valence-electron chi connectivity index (χ4n) is 1.55. The standard InChI is InChI=1S/C12H14ClFO3/c1-6-4-8(5-7(2)12(15)16)10(14)11(17-3)9(6)13/h4,7H,5H2,1-3H3,(H,15,16). The topological polar surface area (TPSA) is 46.5 Å². The van der Waals surface area contributed by atoms with E-state index in [4.69, 9.17) is 21.4 Å². The zero-order valence-corrected chi connectivity index (χ0v) is 10.6. The minimum absolute atomic E-state index is 0.0285. The molecule has 0 saturated heterocycles. The summed E-state index contributed by atoms with van der Waals surface area (Å²) in [5.41, 5.74) is 0.969. The fraction of sp³-hybridized carbons (Fsp3) is 0.417. The molecule has 1 atom stereocenters. The number of benzene rings is 1. The van der Waals surface area contributed by atoms with Crippen LogP contribution >= 0.6 is 11.6 Å². The summed E-state index contributed by atoms with van der Waals surface area (Å²) in [7, 11) is 1.33. The minimum Gasteiger partial charge on any atom is -0.492 e. The second-order valence-electron chi connectivity index (χ2n) is 3.96. The largest absolute Gasteiger partial charge is 0.492 e. The molecule has 0 heterocycles. The lowest BCUT2D eigenvalue weighted by Gasteiger charge is -2.13. The minimum atomic E-state index is -0.962. The van der Waals surface area contributed by atoms with Crippen LogP contribution in [0.5, 0.6) is 5.75 Å². The molecule has 0 bridgehead atoms. The van der Waals surface area contributed by atoms with Gasteiger partial charge in [0.25, 0.3) is 0 Å². The van der Waals surface area contributed by atoms with E-state index in [1.807, 2.05) is 0 Å². The number of aliphatic carboxylic acids is 1. The number of hydrogen-bond donors (Lipinski definition) is 1. The van der Waals surface area contributed by atoms with Crippen molar-refractivity contribution in [1.82, 2.24) is 0 Å². The summed E-state index contributed by atoms with van der Waals surface area (Å²) in [6.07, 6.45) is 0.107. The SMILES string of the molecule is COc1c(F)c(CC(C)C(=O)O)cc(C)c1Cl. The van der Waals surface area contributed by atoms with Crippen LogP contribution in [0.1, 0.15) is 18.1 Å². The van der Waals surface area contributed by atoms with Crippen LogP contribution in [0, 0.1) is 18.7 Å². The molecule has 0 radical (unpaired) electrons. The van der Waals surface area contributed by atoms with Gasteiger partial charge in [-0.15, -0.1) is 0 Å². The Hall–Kier alpha value is -1.29. The summed E-state index contributed by atoms with van der Waals surface area (Å²) >= 11 is 5.89. The van der Waals surface area contributed by atoms with Gasteiger partial charge in [-0.3, -0.25) is 4.79 Å². The zero-order valence-electron chi connectivity index (χ0n) is 9.88. The summed E-state index contributed by atoms with van der Waals surface area (Å²) in [5.74, 6) is -2.23. The summed E-state index contributed by atoms with van der Waals surface area (Å²) in [5, 5.41) is 9.02. The highest BCUT2D eigenvalue weighted by atomic mass is 35.5. The van der Waals surface area contributed by atoms with E-state index in [2.05, 4.69) is 0 Å². The molecule has 0 fully saturated rings. The first-order valence-corrected chi connectivity index (χ1v) is 5.50. The smallest absolute Gasteiger partial charge is 0.306 e. The molecule has 0 saturated carbocycles. The van der Waals surface area contributed by atoms with Gasteiger partial charge in [0.2, 0.25) is 0 Å². The number of carboxylic acid groups (broad SMARTS) is 1. The van der Waals surface area contributed by atoms with Gasteiger partial charge in [-0.25, -0.2) is 4.39 Å². The number of hydrogen-bond acceptors (Lipinski definition) is 2. The third-order valence-electron chi connectivity index (χ3n) is 2.57. The molecule has 1 rings (SSSR count). The van der Waals surface area contributed by atoms with Crippen molar-refractivity contribution in [3.8, 4) is 5.75 Å². The van der Waals surface area contributed by atoms with E-state index in [0.717, 1.165) is 0 Å². The Labute approximate surface area is 104 Å². The van der Waals surface area contributed by atoms with Gasteiger partial charge in [0.15, 0.2) is 11.6 Å². The van der Waals surface area contributed by atoms with Crippen LogP contribution in [0.3, 0.4) is 0 Å². The number of aryl methyl sites for hydroxylation is 1. The van der Waals surface area contributed by atoms with Gasteiger partial charge in [-0.05, 0) is 24.5 Å². The first-order valence-electron chi connectivity index (χ1n) is 5.12. The molecule has 1 aromatic rings. The fourth-order valence-corrected chi connectivity index (χ4v) is 1.77. The Morgan fingerprint density at radius 2 is 2.24 bits per heavy atom. The van der Waals surface area contributed by atoms with E-state index in [0.29, 0.717) is 11.1 Å². The van der Waals surface area contributed by atoms with Gasteiger partial charge in [0, 0.05) is 0 Å². The third kappa shape index (κ3) is 2.88. The maximum absolute atomic E-state index is 13.9. The van der Waals surface area contributed by atoms with E-state index in [1.54, 1.807) is 13.0 Å². The molecule has 17 heavy (non-hydrogen) atoms. The zero-order chi connectivity index (χ0) is 13.2. The Bertz CT molecular complexity index is 446. The molecule has 0 spiro atoms. The van der Waals surface area contributed by atoms with Crippen LogP contribution in [-0.2, 0) is 11.2 Å². The second-order valence-corrected chi connectivity index (χ2v) is 4.34. The molecular weight excluding hydrogens is 247 g/mol. The lowest BCUT2D eigenvalue weighted by molar-refractivity contribution is -0.141. The van der Waals surface area contributed by atoms with Crippen LogP contribution in [0.4, 0.5) is 4.39 Å². The molecule has 3 nitrogen and oxygen atoms in total. The van der Waals surface area contributed by atoms with E-state index in [9.17, 15) is 9.18 Å². The van der Waals surface area contributed by atoms with Crippen LogP contribution in [-0.4, -0.2) is 18.2 Å². The van der Waals surface area contributed by atoms with E-state index in [1.165, 1.54) is 14.0 Å². The predicted octanol–water partition coefficient (Wildman–Crippen LogP) is 3.06. The molecule has 5 heteroatoms. The molecular formula is C12H14ClFO3. The van der Waals surface area contributed by atoms with Gasteiger partial charge in [0.1, 0.15) is 0 Å². The highest BCUT2D eigenvalue weighted by Gasteiger charge is 2.20. The molecule has 1 aromatic carbocycles. The molecule has 0 amide bonds. The first-order chi connectivity index (χ1) is 7.88. The van der Waals surface area contributed by atoms with Crippen molar-refractivity contribution in [3.05, 3.63) is 28.0 Å². The number of methoxy groups -OCH3 is 1. The van der Waals surface area contributed by atoms with Crippen molar-refractivity contribution >= 4 is 17.6 Å². The Kier molecular flexibility index (Phi) is 4.34. The van der Waals surface area contributed by atoms with Crippen LogP contribution < -0.4 is 4.74 Å². The number of ether oxygens (including phenoxy) is 1. The lowest BCUT2D eigenvalue weighted by Crippen LogP contribution is -2.13. The predicted molar refractivity (Wildman–Crippen MR) is 63.2 cm³/mol. The van der Waals surface area contributed by atoms with E-state index >= 15 is 0 Å². The molecule has 0 aliphatic rings. The summed E-state index contributed by atoms with van der Waals surface area (Å²) < 4.78 is 18.8. The van der Waals surface area contributed by atoms with Crippen molar-refractivity contribution in [2.45, 2.75) is 20.3 Å². The Morgan fingerprint density at radius 3 is 2.71 bits per heavy atom. The van der Waals surface area contributed by atoms with Crippen LogP contribution in [0.2, 0.25) is 5.02 Å². The van der Waals surface area contributed by atoms with Gasteiger partial charge in [-0.1, -0.05) is 24.6 Å². The van der Waals surface area contributed by atoms with Crippen LogP contribution in [0.15, 0.2) is 6.07 Å². The van der Waals surface area contributed by atoms with Crippen molar-refractivity contribution in [2.24, 2.45) is 5.92 Å². The average molecular weight is 261 g/mol. The molecule has 0 aromatic heterocycles. The maximum Gasteiger partial charge on any atom is 0.306 e. The average Bonchev–Trinajstić information content (AvgIpc) is 2.26. The van der Waals surface area contributed by atoms with Crippen molar-refractivity contribution in [3.63, 3.8) is 0 Å². The van der Waals surface area contributed by atoms with Crippen molar-refractivity contribution in [1.29, 1.82) is 0 Å². The number of rotatable bonds is 4. The van der Waals surface area contributed by atoms with Crippen molar-refractivity contribution in [2.75, 3.05) is 7.11 Å². The molecule has 1 unspecified atom stereocenters. The van der Waals surface area contributed by atoms with Gasteiger partial charge in [-0.2, -0.15) is 0 Å². The summed E-state index contributed by atoms with van der Waals surface area (Å²) in [6, 6.07) is 1.56. The third-order valence-corrected chi connectivity index (χ3v) is 3.04. The van der Waals surface area contributed by atoms with Gasteiger partial charge in [0.05, 0.1) is 18.1 Å². The molecule has 0 aliphatic carbocycles. The van der Waals surface area contributed by atoms with E-state index in [-0.39, 0.29) is 17.2 Å². The highest BCUT2D eigenvalue weighted by molar-refractivity contribution is 6.32. The lowest BCUT2D eigenvalue weighted by atomic mass is 9.99. The number of halogens is 2. The van der Waals surface area contributed by atoms with Crippen molar-refractivity contribution < 1.29 is 19.0 Å². The highest BCUT2D eigenvalue weighted by Crippen LogP contribution is 2.33. The van der Waals surface area contributed by atoms with Gasteiger partial charge >= 0.3 is 5.97 Å². The molecule has 0 aliphatic heterocycles. The first kappa shape index (κ1) is 13.8. The maximum atomic E-state index is 13.9. The number of carbonyl (C=O) groups is 1. The summed E-state index contributed by atoms with van der Waals surface area (Å²) in [4.78, 5) is 10.7. The Morgan fingerprint density at radius 1 is 1.65 bits per heavy atom. The molecule has 1 N–H and O–H groups in total. The summed E-state index contributed by atoms with van der Waals surface area (Å²) in [6.45, 7) is 3.25. The number of carboxylic acids is 1. The quantitative estimate of drug-likeness (QED) is 0.905. The van der Waals surface area contributed by atoms with E-state index < -0.39 is 17.7 Å². The molecule has 94 valence electrons.